The van der Waals surface area contributed by atoms with Gasteiger partial charge in [0.1, 0.15) is 0 Å². The summed E-state index contributed by atoms with van der Waals surface area (Å²) in [5.41, 5.74) is 5.49. The highest BCUT2D eigenvalue weighted by atomic mass is 16.5. The van der Waals surface area contributed by atoms with Crippen LogP contribution in [0.2, 0.25) is 0 Å². The molecule has 0 bridgehead atoms. The lowest BCUT2D eigenvalue weighted by Crippen LogP contribution is -2.48. The van der Waals surface area contributed by atoms with E-state index in [-0.39, 0.29) is 29.3 Å². The molecule has 1 aromatic carbocycles. The molecule has 0 unspecified atom stereocenters. The standard InChI is InChI=1S/C19H25N3O4/c1-5-15(23)20-13-8-6-7-12(11-13)17(24)21-22-18(25)14-9-10-26-16(14)19(2,3)4/h5-8,11,14,16H,1,9-10H2,2-4H3,(H,20,23)(H,21,24)(H,22,25)/t14-,16-/m1/s1. The van der Waals surface area contributed by atoms with Crippen molar-refractivity contribution >= 4 is 23.4 Å². The van der Waals surface area contributed by atoms with Crippen molar-refractivity contribution < 1.29 is 19.1 Å². The van der Waals surface area contributed by atoms with Gasteiger partial charge in [0.25, 0.3) is 5.91 Å². The predicted octanol–water partition coefficient (Wildman–Crippen LogP) is 2.02. The van der Waals surface area contributed by atoms with Gasteiger partial charge in [-0.25, -0.2) is 0 Å². The Balaban J connectivity index is 1.96. The Morgan fingerprint density at radius 1 is 1.23 bits per heavy atom. The first-order chi connectivity index (χ1) is 12.2. The molecule has 26 heavy (non-hydrogen) atoms. The summed E-state index contributed by atoms with van der Waals surface area (Å²) < 4.78 is 5.68. The molecule has 0 saturated carbocycles. The summed E-state index contributed by atoms with van der Waals surface area (Å²) in [5, 5.41) is 2.58. The summed E-state index contributed by atoms with van der Waals surface area (Å²) in [4.78, 5) is 36.0. The van der Waals surface area contributed by atoms with Crippen molar-refractivity contribution in [3.63, 3.8) is 0 Å². The molecule has 0 aliphatic carbocycles. The van der Waals surface area contributed by atoms with Gasteiger partial charge in [-0.2, -0.15) is 0 Å². The highest BCUT2D eigenvalue weighted by molar-refractivity contribution is 6.01. The molecule has 0 aromatic heterocycles. The van der Waals surface area contributed by atoms with Gasteiger partial charge in [-0.15, -0.1) is 0 Å². The van der Waals surface area contributed by atoms with Crippen LogP contribution in [-0.2, 0) is 14.3 Å². The van der Waals surface area contributed by atoms with Gasteiger partial charge in [-0.1, -0.05) is 33.4 Å². The van der Waals surface area contributed by atoms with Gasteiger partial charge < -0.3 is 10.1 Å². The van der Waals surface area contributed by atoms with E-state index in [4.69, 9.17) is 4.74 Å². The maximum Gasteiger partial charge on any atom is 0.269 e. The fraction of sp³-hybridized carbons (Fsp3) is 0.421. The highest BCUT2D eigenvalue weighted by Crippen LogP contribution is 2.34. The van der Waals surface area contributed by atoms with Crippen LogP contribution in [-0.4, -0.2) is 30.4 Å². The largest absolute Gasteiger partial charge is 0.377 e. The Hall–Kier alpha value is -2.67. The maximum absolute atomic E-state index is 12.4. The van der Waals surface area contributed by atoms with Crippen molar-refractivity contribution in [2.24, 2.45) is 11.3 Å². The molecule has 1 aromatic rings. The fourth-order valence-corrected chi connectivity index (χ4v) is 2.93. The third-order valence-electron chi connectivity index (χ3n) is 4.16. The van der Waals surface area contributed by atoms with Gasteiger partial charge in [0, 0.05) is 17.9 Å². The summed E-state index contributed by atoms with van der Waals surface area (Å²) in [7, 11) is 0. The first-order valence-corrected chi connectivity index (χ1v) is 8.47. The van der Waals surface area contributed by atoms with Gasteiger partial charge in [0.05, 0.1) is 12.0 Å². The quantitative estimate of drug-likeness (QED) is 0.566. The number of hydrogen-bond acceptors (Lipinski definition) is 4. The second-order valence-electron chi connectivity index (χ2n) is 7.27. The van der Waals surface area contributed by atoms with Crippen LogP contribution in [0.15, 0.2) is 36.9 Å². The number of benzene rings is 1. The number of ether oxygens (including phenoxy) is 1. The molecule has 3 N–H and O–H groups in total. The Kier molecular flexibility index (Phi) is 6.15. The van der Waals surface area contributed by atoms with E-state index in [9.17, 15) is 14.4 Å². The Bertz CT molecular complexity index is 709. The van der Waals surface area contributed by atoms with Crippen LogP contribution < -0.4 is 16.2 Å². The molecular weight excluding hydrogens is 334 g/mol. The lowest BCUT2D eigenvalue weighted by atomic mass is 9.81. The van der Waals surface area contributed by atoms with Crippen LogP contribution in [0.5, 0.6) is 0 Å². The van der Waals surface area contributed by atoms with E-state index in [1.165, 1.54) is 6.07 Å². The topological polar surface area (TPSA) is 96.5 Å². The molecule has 1 aliphatic rings. The van der Waals surface area contributed by atoms with Gasteiger partial charge in [-0.3, -0.25) is 25.2 Å². The second kappa shape index (κ2) is 8.14. The minimum Gasteiger partial charge on any atom is -0.377 e. The van der Waals surface area contributed by atoms with Crippen LogP contribution >= 0.6 is 0 Å². The maximum atomic E-state index is 12.4. The summed E-state index contributed by atoms with van der Waals surface area (Å²) >= 11 is 0. The van der Waals surface area contributed by atoms with Crippen molar-refractivity contribution in [3.8, 4) is 0 Å². The molecule has 1 fully saturated rings. The molecular formula is C19H25N3O4. The van der Waals surface area contributed by atoms with Crippen LogP contribution in [0.4, 0.5) is 5.69 Å². The Morgan fingerprint density at radius 3 is 2.62 bits per heavy atom. The van der Waals surface area contributed by atoms with Gasteiger partial charge >= 0.3 is 0 Å². The van der Waals surface area contributed by atoms with Crippen molar-refractivity contribution in [2.45, 2.75) is 33.3 Å². The predicted molar refractivity (Wildman–Crippen MR) is 98.2 cm³/mol. The van der Waals surface area contributed by atoms with Crippen molar-refractivity contribution in [3.05, 3.63) is 42.5 Å². The SMILES string of the molecule is C=CC(=O)Nc1cccc(C(=O)NNC(=O)[C@@H]2CCO[C@H]2C(C)(C)C)c1. The zero-order valence-corrected chi connectivity index (χ0v) is 15.3. The fourth-order valence-electron chi connectivity index (χ4n) is 2.93. The average molecular weight is 359 g/mol. The molecule has 2 rings (SSSR count). The molecule has 7 heteroatoms. The number of carbonyl (C=O) groups excluding carboxylic acids is 3. The summed E-state index contributed by atoms with van der Waals surface area (Å²) in [6, 6.07) is 6.39. The number of nitrogens with one attached hydrogen (secondary N) is 3. The van der Waals surface area contributed by atoms with E-state index in [1.807, 2.05) is 20.8 Å². The summed E-state index contributed by atoms with van der Waals surface area (Å²) in [6.07, 6.45) is 1.56. The number of hydrazine groups is 1. The molecule has 1 aliphatic heterocycles. The smallest absolute Gasteiger partial charge is 0.269 e. The van der Waals surface area contributed by atoms with Crippen LogP contribution in [0, 0.1) is 11.3 Å². The second-order valence-corrected chi connectivity index (χ2v) is 7.27. The summed E-state index contributed by atoms with van der Waals surface area (Å²) in [5.74, 6) is -1.43. The molecule has 0 spiro atoms. The minimum atomic E-state index is -0.473. The van der Waals surface area contributed by atoms with Crippen molar-refractivity contribution in [1.29, 1.82) is 0 Å². The normalized spacial score (nSPS) is 19.5. The lowest BCUT2D eigenvalue weighted by Gasteiger charge is -2.30. The Labute approximate surface area is 153 Å². The molecule has 0 radical (unpaired) electrons. The van der Waals surface area contributed by atoms with Crippen LogP contribution in [0.25, 0.3) is 0 Å². The van der Waals surface area contributed by atoms with Crippen LogP contribution in [0.3, 0.4) is 0 Å². The first kappa shape index (κ1) is 19.7. The molecule has 2 atom stereocenters. The van der Waals surface area contributed by atoms with E-state index in [1.54, 1.807) is 18.2 Å². The zero-order chi connectivity index (χ0) is 19.3. The summed E-state index contributed by atoms with van der Waals surface area (Å²) in [6.45, 7) is 9.96. The number of amides is 3. The first-order valence-electron chi connectivity index (χ1n) is 8.47. The molecule has 1 saturated heterocycles. The number of anilines is 1. The van der Waals surface area contributed by atoms with E-state index >= 15 is 0 Å². The molecule has 3 amide bonds. The molecule has 140 valence electrons. The van der Waals surface area contributed by atoms with Gasteiger partial charge in [-0.05, 0) is 36.1 Å². The molecule has 7 nitrogen and oxygen atoms in total. The Morgan fingerprint density at radius 2 is 1.96 bits per heavy atom. The van der Waals surface area contributed by atoms with Gasteiger partial charge in [0.15, 0.2) is 0 Å². The number of carbonyl (C=O) groups is 3. The van der Waals surface area contributed by atoms with Crippen molar-refractivity contribution in [1.82, 2.24) is 10.9 Å². The van der Waals surface area contributed by atoms with E-state index in [0.717, 1.165) is 6.08 Å². The van der Waals surface area contributed by atoms with E-state index in [0.29, 0.717) is 24.3 Å². The minimum absolute atomic E-state index is 0.166. The third-order valence-corrected chi connectivity index (χ3v) is 4.16. The highest BCUT2D eigenvalue weighted by Gasteiger charge is 2.41. The van der Waals surface area contributed by atoms with E-state index in [2.05, 4.69) is 22.7 Å². The van der Waals surface area contributed by atoms with Gasteiger partial charge in [0.2, 0.25) is 11.8 Å². The lowest BCUT2D eigenvalue weighted by molar-refractivity contribution is -0.129. The third kappa shape index (κ3) is 4.92. The average Bonchev–Trinajstić information content (AvgIpc) is 3.09. The van der Waals surface area contributed by atoms with Crippen molar-refractivity contribution in [2.75, 3.05) is 11.9 Å². The monoisotopic (exact) mass is 359 g/mol. The zero-order valence-electron chi connectivity index (χ0n) is 15.3. The molecule has 1 heterocycles. The van der Waals surface area contributed by atoms with Crippen LogP contribution in [0.1, 0.15) is 37.6 Å². The number of hydrogen-bond donors (Lipinski definition) is 3. The van der Waals surface area contributed by atoms with E-state index < -0.39 is 5.91 Å². The number of rotatable bonds is 4.